The number of amides is 1. The van der Waals surface area contributed by atoms with Gasteiger partial charge in [0.15, 0.2) is 5.69 Å². The summed E-state index contributed by atoms with van der Waals surface area (Å²) in [6.07, 6.45) is 0. The number of nitrogen functional groups attached to an aromatic ring is 1. The van der Waals surface area contributed by atoms with E-state index in [1.54, 1.807) is 26.3 Å². The van der Waals surface area contributed by atoms with Crippen LogP contribution in [0.4, 0.5) is 10.1 Å². The van der Waals surface area contributed by atoms with E-state index >= 15 is 0 Å². The standard InChI is InChI=1S/C22H22FN5O4/c1-28(6-7-31-2)22(30)13-9-12-15(10-17(13)32-3)25-19(18(12)24)20-21(29)27-14-5-4-11(23)8-16(14)26-20/h4-5,8-10,25H,6-7,24H2,1-3H3,(H,27,29). The number of hydrogen-bond acceptors (Lipinski definition) is 6. The van der Waals surface area contributed by atoms with Crippen LogP contribution in [0.5, 0.6) is 5.75 Å². The van der Waals surface area contributed by atoms with Crippen LogP contribution in [0.1, 0.15) is 10.4 Å². The highest BCUT2D eigenvalue weighted by Gasteiger charge is 2.22. The molecule has 0 radical (unpaired) electrons. The molecule has 2 heterocycles. The number of nitrogens with zero attached hydrogens (tertiary/aromatic N) is 2. The summed E-state index contributed by atoms with van der Waals surface area (Å²) in [7, 11) is 4.68. The minimum Gasteiger partial charge on any atom is -0.496 e. The molecule has 4 N–H and O–H groups in total. The Morgan fingerprint density at radius 1 is 1.19 bits per heavy atom. The summed E-state index contributed by atoms with van der Waals surface area (Å²) in [5.41, 5.74) is 7.96. The van der Waals surface area contributed by atoms with E-state index in [-0.39, 0.29) is 28.5 Å². The van der Waals surface area contributed by atoms with E-state index < -0.39 is 11.4 Å². The number of fused-ring (bicyclic) bond motifs is 2. The summed E-state index contributed by atoms with van der Waals surface area (Å²) in [5, 5.41) is 0.532. The number of likely N-dealkylation sites (N-methyl/N-ethyl adjacent to an activating group) is 1. The van der Waals surface area contributed by atoms with Gasteiger partial charge in [0.1, 0.15) is 11.6 Å². The molecule has 10 heteroatoms. The number of carbonyl (C=O) groups is 1. The highest BCUT2D eigenvalue weighted by Crippen LogP contribution is 2.35. The van der Waals surface area contributed by atoms with Crippen LogP contribution in [0.15, 0.2) is 35.1 Å². The summed E-state index contributed by atoms with van der Waals surface area (Å²) < 4.78 is 24.1. The SMILES string of the molecule is COCCN(C)C(=O)c1cc2c(N)c(-c3nc4cc(F)ccc4[nH]c3=O)[nH]c2cc1OC. The number of methoxy groups -OCH3 is 2. The maximum absolute atomic E-state index is 13.6. The zero-order valence-electron chi connectivity index (χ0n) is 17.8. The molecule has 9 nitrogen and oxygen atoms in total. The number of nitrogens with two attached hydrogens (primary N) is 1. The molecule has 2 aromatic carbocycles. The summed E-state index contributed by atoms with van der Waals surface area (Å²) in [5.74, 6) is -0.389. The smallest absolute Gasteiger partial charge is 0.276 e. The first-order chi connectivity index (χ1) is 15.3. The lowest BCUT2D eigenvalue weighted by molar-refractivity contribution is 0.0741. The number of carbonyl (C=O) groups excluding carboxylic acids is 1. The molecule has 0 atom stereocenters. The molecule has 0 fully saturated rings. The van der Waals surface area contributed by atoms with Crippen molar-refractivity contribution in [2.45, 2.75) is 0 Å². The second-order valence-electron chi connectivity index (χ2n) is 7.31. The van der Waals surface area contributed by atoms with Crippen molar-refractivity contribution in [3.63, 3.8) is 0 Å². The fraction of sp³-hybridized carbons (Fsp3) is 0.227. The number of benzene rings is 2. The normalized spacial score (nSPS) is 11.2. The van der Waals surface area contributed by atoms with E-state index in [9.17, 15) is 14.0 Å². The maximum atomic E-state index is 13.6. The van der Waals surface area contributed by atoms with Gasteiger partial charge in [0.2, 0.25) is 0 Å². The Morgan fingerprint density at radius 2 is 1.97 bits per heavy atom. The molecule has 4 rings (SSSR count). The van der Waals surface area contributed by atoms with Gasteiger partial charge in [-0.2, -0.15) is 0 Å². The molecule has 1 amide bonds. The molecule has 166 valence electrons. The number of rotatable bonds is 6. The molecule has 0 aliphatic rings. The van der Waals surface area contributed by atoms with E-state index in [1.165, 1.54) is 30.2 Å². The first-order valence-electron chi connectivity index (χ1n) is 9.77. The van der Waals surface area contributed by atoms with Gasteiger partial charge in [-0.1, -0.05) is 0 Å². The van der Waals surface area contributed by atoms with Crippen molar-refractivity contribution < 1.29 is 18.7 Å². The van der Waals surface area contributed by atoms with Crippen LogP contribution in [0.3, 0.4) is 0 Å². The van der Waals surface area contributed by atoms with Gasteiger partial charge in [0.05, 0.1) is 47.2 Å². The van der Waals surface area contributed by atoms with E-state index in [1.807, 2.05) is 0 Å². The molecule has 32 heavy (non-hydrogen) atoms. The van der Waals surface area contributed by atoms with Crippen molar-refractivity contribution in [3.05, 3.63) is 52.1 Å². The Kier molecular flexibility index (Phi) is 5.54. The lowest BCUT2D eigenvalue weighted by atomic mass is 10.1. The molecule has 0 saturated carbocycles. The first-order valence-corrected chi connectivity index (χ1v) is 9.77. The highest BCUT2D eigenvalue weighted by atomic mass is 19.1. The van der Waals surface area contributed by atoms with Crippen LogP contribution < -0.4 is 16.0 Å². The lowest BCUT2D eigenvalue weighted by Gasteiger charge is -2.18. The highest BCUT2D eigenvalue weighted by molar-refractivity contribution is 6.06. The quantitative estimate of drug-likeness (QED) is 0.424. The first kappa shape index (κ1) is 21.3. The Hall–Kier alpha value is -3.92. The zero-order valence-corrected chi connectivity index (χ0v) is 17.8. The van der Waals surface area contributed by atoms with Crippen LogP contribution >= 0.6 is 0 Å². The molecule has 2 aromatic heterocycles. The molecule has 0 spiro atoms. The second kappa shape index (κ2) is 8.31. The van der Waals surface area contributed by atoms with Gasteiger partial charge >= 0.3 is 0 Å². The fourth-order valence-corrected chi connectivity index (χ4v) is 3.53. The van der Waals surface area contributed by atoms with Crippen LogP contribution in [-0.2, 0) is 4.74 Å². The average Bonchev–Trinajstić information content (AvgIpc) is 3.11. The van der Waals surface area contributed by atoms with Gasteiger partial charge in [0.25, 0.3) is 11.5 Å². The van der Waals surface area contributed by atoms with Crippen LogP contribution in [0.25, 0.3) is 33.3 Å². The van der Waals surface area contributed by atoms with Crippen molar-refractivity contribution >= 4 is 33.5 Å². The van der Waals surface area contributed by atoms with Crippen molar-refractivity contribution in [1.29, 1.82) is 0 Å². The Bertz CT molecular complexity index is 1390. The molecule has 0 unspecified atom stereocenters. The summed E-state index contributed by atoms with van der Waals surface area (Å²) in [6.45, 7) is 0.789. The van der Waals surface area contributed by atoms with E-state index in [4.69, 9.17) is 15.2 Å². The lowest BCUT2D eigenvalue weighted by Crippen LogP contribution is -2.30. The number of anilines is 1. The predicted octanol–water partition coefficient (Wildman–Crippen LogP) is 2.52. The largest absolute Gasteiger partial charge is 0.496 e. The zero-order chi connectivity index (χ0) is 23.0. The number of halogens is 1. The number of aromatic nitrogens is 3. The molecule has 4 aromatic rings. The molecule has 0 saturated heterocycles. The van der Waals surface area contributed by atoms with Gasteiger partial charge in [-0.3, -0.25) is 9.59 Å². The average molecular weight is 439 g/mol. The maximum Gasteiger partial charge on any atom is 0.276 e. The summed E-state index contributed by atoms with van der Waals surface area (Å²) >= 11 is 0. The van der Waals surface area contributed by atoms with Crippen molar-refractivity contribution in [3.8, 4) is 17.1 Å². The molecular weight excluding hydrogens is 417 g/mol. The van der Waals surface area contributed by atoms with Gasteiger partial charge < -0.3 is 30.1 Å². The van der Waals surface area contributed by atoms with Crippen molar-refractivity contribution in [2.75, 3.05) is 40.2 Å². The minimum absolute atomic E-state index is 0.0147. The predicted molar refractivity (Wildman–Crippen MR) is 119 cm³/mol. The second-order valence-corrected chi connectivity index (χ2v) is 7.31. The van der Waals surface area contributed by atoms with Crippen LogP contribution in [0.2, 0.25) is 0 Å². The van der Waals surface area contributed by atoms with Crippen LogP contribution in [0, 0.1) is 5.82 Å². The topological polar surface area (TPSA) is 126 Å². The third-order valence-corrected chi connectivity index (χ3v) is 5.26. The van der Waals surface area contributed by atoms with E-state index in [0.717, 1.165) is 0 Å². The Balaban J connectivity index is 1.86. The molecule has 0 aliphatic heterocycles. The Labute approximate surface area is 182 Å². The van der Waals surface area contributed by atoms with Gasteiger partial charge in [-0.15, -0.1) is 0 Å². The van der Waals surface area contributed by atoms with Crippen molar-refractivity contribution in [1.82, 2.24) is 19.9 Å². The third-order valence-electron chi connectivity index (χ3n) is 5.26. The van der Waals surface area contributed by atoms with Gasteiger partial charge in [-0.25, -0.2) is 9.37 Å². The van der Waals surface area contributed by atoms with Crippen molar-refractivity contribution in [2.24, 2.45) is 0 Å². The molecule has 0 aliphatic carbocycles. The summed E-state index contributed by atoms with van der Waals surface area (Å²) in [4.78, 5) is 37.2. The van der Waals surface area contributed by atoms with E-state index in [2.05, 4.69) is 15.0 Å². The van der Waals surface area contributed by atoms with Gasteiger partial charge in [0, 0.05) is 38.2 Å². The number of H-pyrrole nitrogens is 2. The van der Waals surface area contributed by atoms with E-state index in [0.29, 0.717) is 40.9 Å². The summed E-state index contributed by atoms with van der Waals surface area (Å²) in [6, 6.07) is 7.17. The fourth-order valence-electron chi connectivity index (χ4n) is 3.53. The Morgan fingerprint density at radius 3 is 2.69 bits per heavy atom. The molecule has 0 bridgehead atoms. The van der Waals surface area contributed by atoms with Gasteiger partial charge in [-0.05, 0) is 18.2 Å². The monoisotopic (exact) mass is 439 g/mol. The number of nitrogens with one attached hydrogen (secondary N) is 2. The number of hydrogen-bond donors (Lipinski definition) is 3. The molecular formula is C22H22FN5O4. The number of aromatic amines is 2. The third kappa shape index (κ3) is 3.65. The van der Waals surface area contributed by atoms with Crippen LogP contribution in [-0.4, -0.2) is 60.2 Å². The number of ether oxygens (including phenoxy) is 2. The minimum atomic E-state index is -0.482.